The van der Waals surface area contributed by atoms with Crippen LogP contribution in [0.25, 0.3) is 0 Å². The third kappa shape index (κ3) is 22.5. The Morgan fingerprint density at radius 3 is 0.667 bits per heavy atom. The van der Waals surface area contributed by atoms with Crippen LogP contribution in [0.3, 0.4) is 0 Å². The lowest BCUT2D eigenvalue weighted by Gasteiger charge is -1.85. The Kier molecular flexibility index (Phi) is 24.1. The normalized spacial score (nSPS) is 9.00. The van der Waals surface area contributed by atoms with Crippen LogP contribution in [0.2, 0.25) is 0 Å². The first-order valence-corrected chi connectivity index (χ1v) is 6.79. The Labute approximate surface area is 98.9 Å². The van der Waals surface area contributed by atoms with Crippen molar-refractivity contribution in [3.05, 3.63) is 0 Å². The van der Waals surface area contributed by atoms with Crippen LogP contribution in [0, 0.1) is 0 Å². The summed E-state index contributed by atoms with van der Waals surface area (Å²) in [5.74, 6) is 4.00. The van der Waals surface area contributed by atoms with Gasteiger partial charge in [0.2, 0.25) is 0 Å². The Hall–Kier alpha value is 1.40. The molecule has 0 spiro atoms. The first kappa shape index (κ1) is 15.9. The van der Waals surface area contributed by atoms with E-state index in [1.54, 1.807) is 0 Å². The molecule has 0 unspecified atom stereocenters. The summed E-state index contributed by atoms with van der Waals surface area (Å²) in [6.07, 6.45) is 4.80. The predicted octanol–water partition coefficient (Wildman–Crippen LogP) is 3.25. The van der Waals surface area contributed by atoms with Crippen LogP contribution in [0.5, 0.6) is 0 Å². The molecule has 12 heavy (non-hydrogen) atoms. The SMILES string of the molecule is SCCCCS.SCCCCS. The van der Waals surface area contributed by atoms with Crippen LogP contribution >= 0.6 is 50.5 Å². The van der Waals surface area contributed by atoms with Gasteiger partial charge in [0, 0.05) is 0 Å². The molecule has 0 aromatic rings. The van der Waals surface area contributed by atoms with E-state index in [0.29, 0.717) is 0 Å². The molecule has 0 nitrogen and oxygen atoms in total. The number of hydrogen-bond donors (Lipinski definition) is 4. The van der Waals surface area contributed by atoms with Gasteiger partial charge in [0.1, 0.15) is 0 Å². The average Bonchev–Trinajstić information content (AvgIpc) is 2.12. The van der Waals surface area contributed by atoms with Crippen molar-refractivity contribution in [2.45, 2.75) is 25.7 Å². The molecular formula is C8H20S4. The lowest BCUT2D eigenvalue weighted by atomic mass is 10.4. The lowest BCUT2D eigenvalue weighted by molar-refractivity contribution is 0.912. The van der Waals surface area contributed by atoms with Gasteiger partial charge in [0.05, 0.1) is 0 Å². The van der Waals surface area contributed by atoms with Gasteiger partial charge in [0.25, 0.3) is 0 Å². The van der Waals surface area contributed by atoms with Gasteiger partial charge in [-0.05, 0) is 48.7 Å². The minimum Gasteiger partial charge on any atom is -0.179 e. The van der Waals surface area contributed by atoms with Crippen molar-refractivity contribution < 1.29 is 0 Å². The minimum absolute atomic E-state index is 1.00. The maximum absolute atomic E-state index is 4.02. The van der Waals surface area contributed by atoms with E-state index in [0.717, 1.165) is 23.0 Å². The summed E-state index contributed by atoms with van der Waals surface area (Å²) in [5.41, 5.74) is 0. The molecule has 4 heteroatoms. The average molecular weight is 245 g/mol. The van der Waals surface area contributed by atoms with Crippen molar-refractivity contribution >= 4 is 50.5 Å². The number of thiol groups is 4. The zero-order chi connectivity index (χ0) is 9.66. The topological polar surface area (TPSA) is 0 Å². The molecule has 0 radical (unpaired) electrons. The Morgan fingerprint density at radius 1 is 0.417 bits per heavy atom. The first-order valence-electron chi connectivity index (χ1n) is 4.26. The Bertz CT molecular complexity index is 43.0. The molecule has 0 aliphatic rings. The molecule has 0 aliphatic carbocycles. The highest BCUT2D eigenvalue weighted by atomic mass is 32.1. The quantitative estimate of drug-likeness (QED) is 0.400. The number of rotatable bonds is 6. The fourth-order valence-corrected chi connectivity index (χ4v) is 1.34. The van der Waals surface area contributed by atoms with Gasteiger partial charge in [-0.1, -0.05) is 0 Å². The van der Waals surface area contributed by atoms with E-state index < -0.39 is 0 Å². The number of hydrogen-bond acceptors (Lipinski definition) is 4. The maximum atomic E-state index is 4.02. The number of unbranched alkanes of at least 4 members (excludes halogenated alkanes) is 2. The molecule has 0 rings (SSSR count). The van der Waals surface area contributed by atoms with E-state index in [4.69, 9.17) is 0 Å². The molecule has 0 aliphatic heterocycles. The molecule has 0 aromatic heterocycles. The summed E-state index contributed by atoms with van der Waals surface area (Å²) in [5, 5.41) is 0. The maximum Gasteiger partial charge on any atom is -0.00976 e. The van der Waals surface area contributed by atoms with Crippen LogP contribution in [0.1, 0.15) is 25.7 Å². The molecule has 0 bridgehead atoms. The molecule has 76 valence electrons. The van der Waals surface area contributed by atoms with Crippen molar-refractivity contribution in [3.63, 3.8) is 0 Å². The summed E-state index contributed by atoms with van der Waals surface area (Å²) < 4.78 is 0. The van der Waals surface area contributed by atoms with Crippen LogP contribution in [0.15, 0.2) is 0 Å². The van der Waals surface area contributed by atoms with Gasteiger partial charge in [0.15, 0.2) is 0 Å². The molecule has 0 saturated heterocycles. The van der Waals surface area contributed by atoms with E-state index >= 15 is 0 Å². The first-order chi connectivity index (χ1) is 5.83. The van der Waals surface area contributed by atoms with Gasteiger partial charge < -0.3 is 0 Å². The van der Waals surface area contributed by atoms with E-state index in [-0.39, 0.29) is 0 Å². The predicted molar refractivity (Wildman–Crippen MR) is 73.9 cm³/mol. The monoisotopic (exact) mass is 244 g/mol. The van der Waals surface area contributed by atoms with Crippen molar-refractivity contribution in [2.24, 2.45) is 0 Å². The van der Waals surface area contributed by atoms with Crippen LogP contribution in [-0.2, 0) is 0 Å². The molecule has 0 amide bonds. The third-order valence-electron chi connectivity index (χ3n) is 1.13. The summed E-state index contributed by atoms with van der Waals surface area (Å²) in [6.45, 7) is 0. The summed E-state index contributed by atoms with van der Waals surface area (Å²) >= 11 is 16.1. The summed E-state index contributed by atoms with van der Waals surface area (Å²) in [6, 6.07) is 0. The standard InChI is InChI=1S/2C4H10S2/c2*5-3-1-2-4-6/h2*5-6H,1-4H2. The Morgan fingerprint density at radius 2 is 0.583 bits per heavy atom. The van der Waals surface area contributed by atoms with Crippen molar-refractivity contribution in [2.75, 3.05) is 23.0 Å². The van der Waals surface area contributed by atoms with E-state index in [2.05, 4.69) is 50.5 Å². The zero-order valence-electron chi connectivity index (χ0n) is 7.45. The molecule has 0 heterocycles. The van der Waals surface area contributed by atoms with E-state index in [9.17, 15) is 0 Å². The molecule has 0 fully saturated rings. The van der Waals surface area contributed by atoms with Gasteiger partial charge >= 0.3 is 0 Å². The van der Waals surface area contributed by atoms with Gasteiger partial charge in [-0.3, -0.25) is 0 Å². The molecule has 0 saturated carbocycles. The van der Waals surface area contributed by atoms with Crippen molar-refractivity contribution in [1.29, 1.82) is 0 Å². The second kappa shape index (κ2) is 18.2. The highest BCUT2D eigenvalue weighted by Gasteiger charge is 1.76. The smallest absolute Gasteiger partial charge is 0.00976 e. The largest absolute Gasteiger partial charge is 0.179 e. The van der Waals surface area contributed by atoms with Crippen LogP contribution < -0.4 is 0 Å². The molecular weight excluding hydrogens is 224 g/mol. The highest BCUT2D eigenvalue weighted by molar-refractivity contribution is 7.80. The van der Waals surface area contributed by atoms with Crippen molar-refractivity contribution in [1.82, 2.24) is 0 Å². The fourth-order valence-electron chi connectivity index (χ4n) is 0.447. The second-order valence-corrected chi connectivity index (χ2v) is 4.10. The van der Waals surface area contributed by atoms with Crippen LogP contribution in [0.4, 0.5) is 0 Å². The fraction of sp³-hybridized carbons (Fsp3) is 1.00. The zero-order valence-corrected chi connectivity index (χ0v) is 11.0. The molecule has 0 atom stereocenters. The summed E-state index contributed by atoms with van der Waals surface area (Å²) in [4.78, 5) is 0. The second-order valence-electron chi connectivity index (χ2n) is 2.31. The van der Waals surface area contributed by atoms with E-state index in [1.807, 2.05) is 0 Å². The highest BCUT2D eigenvalue weighted by Crippen LogP contribution is 1.91. The summed E-state index contributed by atoms with van der Waals surface area (Å²) in [7, 11) is 0. The van der Waals surface area contributed by atoms with Crippen molar-refractivity contribution in [3.8, 4) is 0 Å². The third-order valence-corrected chi connectivity index (χ3v) is 2.40. The van der Waals surface area contributed by atoms with Gasteiger partial charge in [-0.15, -0.1) is 0 Å². The van der Waals surface area contributed by atoms with E-state index in [1.165, 1.54) is 25.7 Å². The Balaban J connectivity index is 0. The minimum atomic E-state index is 1.00. The van der Waals surface area contributed by atoms with Gasteiger partial charge in [-0.25, -0.2) is 0 Å². The molecule has 0 N–H and O–H groups in total. The lowest BCUT2D eigenvalue weighted by Crippen LogP contribution is -1.74. The van der Waals surface area contributed by atoms with Gasteiger partial charge in [-0.2, -0.15) is 50.5 Å². The molecule has 0 aromatic carbocycles. The van der Waals surface area contributed by atoms with Crippen LogP contribution in [-0.4, -0.2) is 23.0 Å².